The van der Waals surface area contributed by atoms with E-state index in [9.17, 15) is 0 Å². The van der Waals surface area contributed by atoms with Gasteiger partial charge in [-0.3, -0.25) is 0 Å². The van der Waals surface area contributed by atoms with Gasteiger partial charge in [-0.1, -0.05) is 73.2 Å². The Labute approximate surface area is 115 Å². The molecule has 0 spiro atoms. The summed E-state index contributed by atoms with van der Waals surface area (Å²) in [6, 6.07) is 21.7. The van der Waals surface area contributed by atoms with E-state index in [4.69, 9.17) is 0 Å². The summed E-state index contributed by atoms with van der Waals surface area (Å²) in [5.41, 5.74) is 5.82. The fraction of sp³-hybridized carbons (Fsp3) is 0.263. The van der Waals surface area contributed by atoms with Crippen molar-refractivity contribution in [2.24, 2.45) is 5.92 Å². The minimum Gasteiger partial charge on any atom is -0.0622 e. The monoisotopic (exact) mass is 248 g/mol. The number of rotatable bonds is 2. The second kappa shape index (κ2) is 5.44. The predicted molar refractivity (Wildman–Crippen MR) is 81.9 cm³/mol. The Morgan fingerprint density at radius 3 is 1.79 bits per heavy atom. The second-order valence-electron chi connectivity index (χ2n) is 5.43. The van der Waals surface area contributed by atoms with Crippen LogP contribution in [0.1, 0.15) is 37.3 Å². The van der Waals surface area contributed by atoms with Crippen molar-refractivity contribution in [2.75, 3.05) is 0 Å². The molecule has 0 heterocycles. The van der Waals surface area contributed by atoms with Crippen molar-refractivity contribution in [1.29, 1.82) is 0 Å². The highest BCUT2D eigenvalue weighted by Crippen LogP contribution is 2.39. The molecule has 0 N–H and O–H groups in total. The zero-order valence-electron chi connectivity index (χ0n) is 11.5. The average Bonchev–Trinajstić information content (AvgIpc) is 2.88. The Hall–Kier alpha value is -1.82. The van der Waals surface area contributed by atoms with Crippen molar-refractivity contribution in [2.45, 2.75) is 26.2 Å². The van der Waals surface area contributed by atoms with Gasteiger partial charge in [-0.2, -0.15) is 0 Å². The Morgan fingerprint density at radius 1 is 0.842 bits per heavy atom. The van der Waals surface area contributed by atoms with Crippen LogP contribution in [-0.4, -0.2) is 0 Å². The van der Waals surface area contributed by atoms with Gasteiger partial charge >= 0.3 is 0 Å². The first-order valence-electron chi connectivity index (χ1n) is 7.20. The number of hydrogen-bond acceptors (Lipinski definition) is 0. The highest BCUT2D eigenvalue weighted by Gasteiger charge is 2.21. The van der Waals surface area contributed by atoms with Crippen LogP contribution in [0.15, 0.2) is 66.2 Å². The van der Waals surface area contributed by atoms with Crippen LogP contribution < -0.4 is 0 Å². The molecular formula is C19H20. The molecule has 2 aromatic rings. The van der Waals surface area contributed by atoms with E-state index in [0.29, 0.717) is 0 Å². The minimum atomic E-state index is 0.718. The summed E-state index contributed by atoms with van der Waals surface area (Å²) >= 11 is 0. The fourth-order valence-corrected chi connectivity index (χ4v) is 3.14. The molecule has 0 radical (unpaired) electrons. The summed E-state index contributed by atoms with van der Waals surface area (Å²) in [7, 11) is 0. The molecule has 0 saturated heterocycles. The van der Waals surface area contributed by atoms with E-state index in [0.717, 1.165) is 5.92 Å². The molecule has 1 fully saturated rings. The molecule has 1 aliphatic rings. The van der Waals surface area contributed by atoms with Crippen molar-refractivity contribution in [3.05, 3.63) is 77.4 Å². The lowest BCUT2D eigenvalue weighted by Crippen LogP contribution is -1.97. The van der Waals surface area contributed by atoms with Gasteiger partial charge in [-0.15, -0.1) is 0 Å². The molecule has 1 saturated carbocycles. The van der Waals surface area contributed by atoms with Crippen LogP contribution >= 0.6 is 0 Å². The molecule has 1 aliphatic carbocycles. The van der Waals surface area contributed by atoms with Crippen molar-refractivity contribution in [1.82, 2.24) is 0 Å². The lowest BCUT2D eigenvalue weighted by molar-refractivity contribution is 0.697. The summed E-state index contributed by atoms with van der Waals surface area (Å²) in [6.45, 7) is 2.37. The number of allylic oxidation sites excluding steroid dienone is 1. The van der Waals surface area contributed by atoms with Crippen molar-refractivity contribution in [3.8, 4) is 0 Å². The summed E-state index contributed by atoms with van der Waals surface area (Å²) in [5.74, 6) is 0.718. The summed E-state index contributed by atoms with van der Waals surface area (Å²) in [4.78, 5) is 0. The van der Waals surface area contributed by atoms with E-state index in [2.05, 4.69) is 67.6 Å². The van der Waals surface area contributed by atoms with E-state index in [1.165, 1.54) is 36.0 Å². The fourth-order valence-electron chi connectivity index (χ4n) is 3.14. The van der Waals surface area contributed by atoms with Crippen LogP contribution in [0, 0.1) is 5.92 Å². The van der Waals surface area contributed by atoms with E-state index in [1.54, 1.807) is 5.57 Å². The third-order valence-corrected chi connectivity index (χ3v) is 4.12. The van der Waals surface area contributed by atoms with Crippen LogP contribution in [0.3, 0.4) is 0 Å². The molecule has 0 nitrogen and oxygen atoms in total. The zero-order chi connectivity index (χ0) is 13.1. The predicted octanol–water partition coefficient (Wildman–Crippen LogP) is 5.31. The Balaban J connectivity index is 2.17. The molecule has 0 bridgehead atoms. The molecule has 1 atom stereocenters. The first kappa shape index (κ1) is 12.2. The highest BCUT2D eigenvalue weighted by molar-refractivity contribution is 5.82. The van der Waals surface area contributed by atoms with E-state index >= 15 is 0 Å². The van der Waals surface area contributed by atoms with Crippen LogP contribution in [-0.2, 0) is 0 Å². The number of hydrogen-bond donors (Lipinski definition) is 0. The van der Waals surface area contributed by atoms with E-state index in [1.807, 2.05) is 0 Å². The topological polar surface area (TPSA) is 0 Å². The van der Waals surface area contributed by atoms with Gasteiger partial charge in [0.15, 0.2) is 0 Å². The molecule has 0 aromatic heterocycles. The average molecular weight is 248 g/mol. The van der Waals surface area contributed by atoms with Gasteiger partial charge in [0.25, 0.3) is 0 Å². The largest absolute Gasteiger partial charge is 0.0622 e. The molecule has 0 amide bonds. The van der Waals surface area contributed by atoms with Gasteiger partial charge < -0.3 is 0 Å². The van der Waals surface area contributed by atoms with Crippen LogP contribution in [0.2, 0.25) is 0 Å². The second-order valence-corrected chi connectivity index (χ2v) is 5.43. The lowest BCUT2D eigenvalue weighted by Gasteiger charge is -2.16. The van der Waals surface area contributed by atoms with Gasteiger partial charge in [0.2, 0.25) is 0 Å². The zero-order valence-corrected chi connectivity index (χ0v) is 11.5. The van der Waals surface area contributed by atoms with Crippen LogP contribution in [0.4, 0.5) is 0 Å². The molecule has 19 heavy (non-hydrogen) atoms. The maximum atomic E-state index is 2.37. The van der Waals surface area contributed by atoms with Crippen molar-refractivity contribution < 1.29 is 0 Å². The lowest BCUT2D eigenvalue weighted by atomic mass is 9.89. The maximum Gasteiger partial charge on any atom is -0.0117 e. The van der Waals surface area contributed by atoms with Gasteiger partial charge in [0.1, 0.15) is 0 Å². The van der Waals surface area contributed by atoms with Gasteiger partial charge in [0.05, 0.1) is 0 Å². The first-order chi connectivity index (χ1) is 9.36. The van der Waals surface area contributed by atoms with Crippen molar-refractivity contribution in [3.63, 3.8) is 0 Å². The molecule has 0 heteroatoms. The standard InChI is InChI=1S/C19H20/c1-15-9-8-14-18(15)19(16-10-4-2-5-11-16)17-12-6-3-7-13-17/h2-7,10-13,15H,8-9,14H2,1H3. The van der Waals surface area contributed by atoms with Crippen LogP contribution in [0.25, 0.3) is 5.57 Å². The smallest absolute Gasteiger partial charge is 0.0117 e. The molecule has 3 rings (SSSR count). The van der Waals surface area contributed by atoms with Gasteiger partial charge in [-0.25, -0.2) is 0 Å². The Bertz CT molecular complexity index is 522. The maximum absolute atomic E-state index is 2.37. The molecule has 2 aromatic carbocycles. The Morgan fingerprint density at radius 2 is 1.37 bits per heavy atom. The quantitative estimate of drug-likeness (QED) is 0.675. The van der Waals surface area contributed by atoms with E-state index in [-0.39, 0.29) is 0 Å². The summed E-state index contributed by atoms with van der Waals surface area (Å²) in [6.07, 6.45) is 3.92. The Kier molecular flexibility index (Phi) is 3.50. The van der Waals surface area contributed by atoms with Crippen LogP contribution in [0.5, 0.6) is 0 Å². The normalized spacial score (nSPS) is 18.6. The molecule has 96 valence electrons. The van der Waals surface area contributed by atoms with Crippen molar-refractivity contribution >= 4 is 5.57 Å². The number of benzene rings is 2. The molecule has 0 aliphatic heterocycles. The third kappa shape index (κ3) is 2.49. The van der Waals surface area contributed by atoms with E-state index < -0.39 is 0 Å². The third-order valence-electron chi connectivity index (χ3n) is 4.12. The first-order valence-corrected chi connectivity index (χ1v) is 7.20. The summed E-state index contributed by atoms with van der Waals surface area (Å²) < 4.78 is 0. The SMILES string of the molecule is CC1CCCC1=C(c1ccccc1)c1ccccc1. The summed E-state index contributed by atoms with van der Waals surface area (Å²) in [5, 5.41) is 0. The van der Waals surface area contributed by atoms with Gasteiger partial charge in [0, 0.05) is 0 Å². The minimum absolute atomic E-state index is 0.718. The van der Waals surface area contributed by atoms with Gasteiger partial charge in [-0.05, 0) is 41.9 Å². The molecule has 1 unspecified atom stereocenters. The highest BCUT2D eigenvalue weighted by atomic mass is 14.3. The molecular weight excluding hydrogens is 228 g/mol.